The predicted molar refractivity (Wildman–Crippen MR) is 100.0 cm³/mol. The molecule has 1 N–H and O–H groups in total. The maximum Gasteiger partial charge on any atom is 0.310 e. The second-order valence-corrected chi connectivity index (χ2v) is 6.31. The highest BCUT2D eigenvalue weighted by atomic mass is 35.5. The highest BCUT2D eigenvalue weighted by molar-refractivity contribution is 6.30. The molecule has 0 fully saturated rings. The Kier molecular flexibility index (Phi) is 5.41. The number of benzene rings is 2. The van der Waals surface area contributed by atoms with Crippen LogP contribution in [0.2, 0.25) is 5.02 Å². The van der Waals surface area contributed by atoms with Gasteiger partial charge in [-0.15, -0.1) is 0 Å². The number of nitrogens with zero attached hydrogens (tertiary/aromatic N) is 2. The van der Waals surface area contributed by atoms with Crippen molar-refractivity contribution < 1.29 is 13.5 Å². The summed E-state index contributed by atoms with van der Waals surface area (Å²) >= 11 is 5.80. The Morgan fingerprint density at radius 1 is 1.19 bits per heavy atom. The smallest absolute Gasteiger partial charge is 0.310 e. The molecule has 2 aromatic carbocycles. The summed E-state index contributed by atoms with van der Waals surface area (Å²) in [5, 5.41) is 2.99. The van der Waals surface area contributed by atoms with E-state index in [4.69, 9.17) is 16.3 Å². The Morgan fingerprint density at radius 3 is 2.63 bits per heavy atom. The first-order chi connectivity index (χ1) is 12.9. The number of rotatable bonds is 5. The lowest BCUT2D eigenvalue weighted by Gasteiger charge is -2.16. The van der Waals surface area contributed by atoms with Gasteiger partial charge in [0.1, 0.15) is 11.6 Å². The van der Waals surface area contributed by atoms with Gasteiger partial charge >= 0.3 is 5.56 Å². The van der Waals surface area contributed by atoms with E-state index in [9.17, 15) is 13.6 Å². The van der Waals surface area contributed by atoms with Crippen LogP contribution in [0.25, 0.3) is 0 Å². The summed E-state index contributed by atoms with van der Waals surface area (Å²) in [5.41, 5.74) is 1.18. The van der Waals surface area contributed by atoms with Crippen LogP contribution in [-0.4, -0.2) is 16.7 Å². The second-order valence-electron chi connectivity index (χ2n) is 5.90. The molecule has 0 bridgehead atoms. The third kappa shape index (κ3) is 4.25. The Labute approximate surface area is 159 Å². The normalized spacial score (nSPS) is 10.7. The predicted octanol–water partition coefficient (Wildman–Crippen LogP) is 4.28. The number of nitrogens with one attached hydrogen (secondary N) is 1. The van der Waals surface area contributed by atoms with E-state index in [0.29, 0.717) is 17.0 Å². The van der Waals surface area contributed by atoms with E-state index in [1.807, 2.05) is 13.0 Å². The van der Waals surface area contributed by atoms with Crippen molar-refractivity contribution in [1.29, 1.82) is 0 Å². The minimum absolute atomic E-state index is 0.0394. The van der Waals surface area contributed by atoms with E-state index >= 15 is 0 Å². The molecular weight excluding hydrogens is 376 g/mol. The molecule has 0 aliphatic heterocycles. The van der Waals surface area contributed by atoms with Gasteiger partial charge < -0.3 is 14.6 Å². The third-order valence-electron chi connectivity index (χ3n) is 3.97. The van der Waals surface area contributed by atoms with Gasteiger partial charge in [-0.1, -0.05) is 17.7 Å². The molecular formula is C19H16ClF2N3O2. The molecule has 0 saturated carbocycles. The molecule has 0 spiro atoms. The van der Waals surface area contributed by atoms with Crippen LogP contribution in [0.3, 0.4) is 0 Å². The van der Waals surface area contributed by atoms with Crippen LogP contribution in [0.5, 0.6) is 5.75 Å². The van der Waals surface area contributed by atoms with Gasteiger partial charge in [0.2, 0.25) is 11.8 Å². The first kappa shape index (κ1) is 18.8. The fraction of sp³-hybridized carbons (Fsp3) is 0.158. The topological polar surface area (TPSA) is 56.1 Å². The SMILES string of the molecule is COc1ccc(Nc2nc(=O)c(F)cn2Cc2ccc(F)c(Cl)c2)c(C)c1. The van der Waals surface area contributed by atoms with Crippen molar-refractivity contribution in [1.82, 2.24) is 9.55 Å². The molecule has 0 unspecified atom stereocenters. The van der Waals surface area contributed by atoms with Gasteiger partial charge in [0, 0.05) is 11.9 Å². The number of aromatic nitrogens is 2. The molecule has 1 heterocycles. The lowest BCUT2D eigenvalue weighted by molar-refractivity contribution is 0.414. The van der Waals surface area contributed by atoms with Gasteiger partial charge in [-0.3, -0.25) is 4.79 Å². The Hall–Kier alpha value is -2.93. The summed E-state index contributed by atoms with van der Waals surface area (Å²) in [5.74, 6) is -0.699. The zero-order valence-corrected chi connectivity index (χ0v) is 15.3. The molecule has 3 rings (SSSR count). The van der Waals surface area contributed by atoms with E-state index in [0.717, 1.165) is 11.8 Å². The second kappa shape index (κ2) is 7.75. The lowest BCUT2D eigenvalue weighted by Crippen LogP contribution is -2.20. The molecule has 3 aromatic rings. The summed E-state index contributed by atoms with van der Waals surface area (Å²) < 4.78 is 33.7. The summed E-state index contributed by atoms with van der Waals surface area (Å²) in [6, 6.07) is 9.53. The zero-order chi connectivity index (χ0) is 19.6. The minimum atomic E-state index is -0.986. The number of halogens is 3. The fourth-order valence-corrected chi connectivity index (χ4v) is 2.75. The van der Waals surface area contributed by atoms with E-state index in [-0.39, 0.29) is 17.5 Å². The van der Waals surface area contributed by atoms with Crippen LogP contribution in [0.15, 0.2) is 47.4 Å². The lowest BCUT2D eigenvalue weighted by atomic mass is 10.2. The van der Waals surface area contributed by atoms with E-state index in [1.165, 1.54) is 22.8 Å². The first-order valence-corrected chi connectivity index (χ1v) is 8.37. The van der Waals surface area contributed by atoms with Crippen LogP contribution in [-0.2, 0) is 6.54 Å². The van der Waals surface area contributed by atoms with Crippen LogP contribution >= 0.6 is 11.6 Å². The molecule has 1 aromatic heterocycles. The van der Waals surface area contributed by atoms with Crippen molar-refractivity contribution in [2.45, 2.75) is 13.5 Å². The molecule has 0 saturated heterocycles. The van der Waals surface area contributed by atoms with Crippen molar-refractivity contribution in [3.63, 3.8) is 0 Å². The standard InChI is InChI=1S/C19H16ClF2N3O2/c1-11-7-13(27-2)4-6-17(11)23-19-24-18(26)16(22)10-25(19)9-12-3-5-15(21)14(20)8-12/h3-8,10H,9H2,1-2H3,(H,23,24,26). The van der Waals surface area contributed by atoms with Crippen LogP contribution in [0.1, 0.15) is 11.1 Å². The molecule has 0 aliphatic rings. The minimum Gasteiger partial charge on any atom is -0.497 e. The maximum atomic E-state index is 13.8. The molecule has 0 radical (unpaired) electrons. The monoisotopic (exact) mass is 391 g/mol. The summed E-state index contributed by atoms with van der Waals surface area (Å²) in [7, 11) is 1.56. The van der Waals surface area contributed by atoms with Crippen LogP contribution in [0.4, 0.5) is 20.4 Å². The molecule has 27 heavy (non-hydrogen) atoms. The fourth-order valence-electron chi connectivity index (χ4n) is 2.55. The zero-order valence-electron chi connectivity index (χ0n) is 14.6. The molecule has 0 aliphatic carbocycles. The highest BCUT2D eigenvalue weighted by Gasteiger charge is 2.11. The van der Waals surface area contributed by atoms with Gasteiger partial charge in [-0.25, -0.2) is 4.39 Å². The van der Waals surface area contributed by atoms with Gasteiger partial charge in [0.25, 0.3) is 0 Å². The quantitative estimate of drug-likeness (QED) is 0.705. The van der Waals surface area contributed by atoms with Crippen molar-refractivity contribution in [2.75, 3.05) is 12.4 Å². The number of anilines is 2. The number of methoxy groups -OCH3 is 1. The molecule has 0 atom stereocenters. The van der Waals surface area contributed by atoms with Crippen molar-refractivity contribution in [3.05, 3.63) is 80.7 Å². The number of aryl methyl sites for hydroxylation is 1. The van der Waals surface area contributed by atoms with Crippen LogP contribution in [0, 0.1) is 18.6 Å². The van der Waals surface area contributed by atoms with Gasteiger partial charge in [-0.2, -0.15) is 9.37 Å². The van der Waals surface area contributed by atoms with Crippen molar-refractivity contribution >= 4 is 23.2 Å². The van der Waals surface area contributed by atoms with Gasteiger partial charge in [0.05, 0.1) is 18.7 Å². The molecule has 5 nitrogen and oxygen atoms in total. The molecule has 8 heteroatoms. The molecule has 0 amide bonds. The van der Waals surface area contributed by atoms with Crippen molar-refractivity contribution in [3.8, 4) is 5.75 Å². The average Bonchev–Trinajstić information content (AvgIpc) is 2.64. The van der Waals surface area contributed by atoms with Crippen LogP contribution < -0.4 is 15.6 Å². The van der Waals surface area contributed by atoms with Gasteiger partial charge in [0.15, 0.2) is 0 Å². The van der Waals surface area contributed by atoms with Gasteiger partial charge in [-0.05, 0) is 48.4 Å². The van der Waals surface area contributed by atoms with Crippen molar-refractivity contribution in [2.24, 2.45) is 0 Å². The summed E-state index contributed by atoms with van der Waals surface area (Å²) in [6.45, 7) is 2.00. The maximum absolute atomic E-state index is 13.8. The van der Waals surface area contributed by atoms with E-state index in [2.05, 4.69) is 10.3 Å². The average molecular weight is 392 g/mol. The summed E-state index contributed by atoms with van der Waals surface area (Å²) in [4.78, 5) is 15.5. The van der Waals surface area contributed by atoms with E-state index < -0.39 is 17.2 Å². The largest absolute Gasteiger partial charge is 0.497 e. The number of hydrogen-bond acceptors (Lipinski definition) is 4. The Morgan fingerprint density at radius 2 is 1.96 bits per heavy atom. The summed E-state index contributed by atoms with van der Waals surface area (Å²) in [6.07, 6.45) is 1.05. The number of ether oxygens (including phenoxy) is 1. The Balaban J connectivity index is 1.98. The first-order valence-electron chi connectivity index (χ1n) is 8.00. The molecule has 140 valence electrons. The highest BCUT2D eigenvalue weighted by Crippen LogP contribution is 2.24. The third-order valence-corrected chi connectivity index (χ3v) is 4.26. The van der Waals surface area contributed by atoms with E-state index in [1.54, 1.807) is 19.2 Å². The number of hydrogen-bond donors (Lipinski definition) is 1. The Bertz CT molecular complexity index is 1050.